The third-order valence-electron chi connectivity index (χ3n) is 4.18. The van der Waals surface area contributed by atoms with Gasteiger partial charge in [-0.1, -0.05) is 0 Å². The van der Waals surface area contributed by atoms with Gasteiger partial charge in [0.05, 0.1) is 0 Å². The minimum atomic E-state index is 1.05. The Morgan fingerprint density at radius 1 is 1.00 bits per heavy atom. The normalized spacial score (nSPS) is 22.1. The second kappa shape index (κ2) is 5.36. The van der Waals surface area contributed by atoms with Crippen LogP contribution in [0.15, 0.2) is 0 Å². The largest absolute Gasteiger partial charge is 0.315 e. The zero-order chi connectivity index (χ0) is 12.4. The van der Waals surface area contributed by atoms with E-state index in [9.17, 15) is 0 Å². The van der Waals surface area contributed by atoms with Crippen LogP contribution in [-0.4, -0.2) is 64.3 Å². The fourth-order valence-corrected chi connectivity index (χ4v) is 2.88. The summed E-state index contributed by atoms with van der Waals surface area (Å²) in [5.41, 5.74) is 0. The maximum Gasteiger partial charge on any atom is 0.134 e. The lowest BCUT2D eigenvalue weighted by Gasteiger charge is -2.32. The summed E-state index contributed by atoms with van der Waals surface area (Å²) < 4.78 is 2.35. The molecule has 3 heterocycles. The first-order valence-corrected chi connectivity index (χ1v) is 7.15. The molecule has 5 heteroatoms. The van der Waals surface area contributed by atoms with Crippen molar-refractivity contribution in [3.63, 3.8) is 0 Å². The van der Waals surface area contributed by atoms with Gasteiger partial charge in [0, 0.05) is 52.1 Å². The zero-order valence-corrected chi connectivity index (χ0v) is 11.3. The lowest BCUT2D eigenvalue weighted by molar-refractivity contribution is 0.154. The number of aryl methyl sites for hydroxylation is 1. The predicted molar refractivity (Wildman–Crippen MR) is 70.6 cm³/mol. The van der Waals surface area contributed by atoms with Gasteiger partial charge in [0.1, 0.15) is 11.6 Å². The molecule has 0 saturated carbocycles. The molecule has 0 aliphatic carbocycles. The molecule has 0 unspecified atom stereocenters. The molecular formula is C13H23N5. The average Bonchev–Trinajstić information content (AvgIpc) is 2.82. The molecule has 2 aliphatic rings. The van der Waals surface area contributed by atoms with Crippen molar-refractivity contribution in [1.29, 1.82) is 0 Å². The summed E-state index contributed by atoms with van der Waals surface area (Å²) in [7, 11) is 2.20. The van der Waals surface area contributed by atoms with Crippen molar-refractivity contribution in [3.8, 4) is 0 Å². The Morgan fingerprint density at radius 3 is 2.67 bits per heavy atom. The number of nitrogens with zero attached hydrogens (tertiary/aromatic N) is 5. The summed E-state index contributed by atoms with van der Waals surface area (Å²) in [5, 5.41) is 8.69. The van der Waals surface area contributed by atoms with Gasteiger partial charge in [-0.3, -0.25) is 0 Å². The zero-order valence-electron chi connectivity index (χ0n) is 11.3. The lowest BCUT2D eigenvalue weighted by atomic mass is 10.1. The summed E-state index contributed by atoms with van der Waals surface area (Å²) in [4.78, 5) is 4.94. The highest BCUT2D eigenvalue weighted by atomic mass is 15.3. The van der Waals surface area contributed by atoms with Crippen LogP contribution < -0.4 is 0 Å². The van der Waals surface area contributed by atoms with Gasteiger partial charge in [-0.05, 0) is 19.9 Å². The second-order valence-corrected chi connectivity index (χ2v) is 5.54. The van der Waals surface area contributed by atoms with E-state index in [-0.39, 0.29) is 0 Å². The van der Waals surface area contributed by atoms with E-state index in [4.69, 9.17) is 0 Å². The van der Waals surface area contributed by atoms with Crippen LogP contribution >= 0.6 is 0 Å². The molecule has 0 atom stereocenters. The van der Waals surface area contributed by atoms with E-state index >= 15 is 0 Å². The maximum atomic E-state index is 4.37. The van der Waals surface area contributed by atoms with Crippen LogP contribution in [0.2, 0.25) is 0 Å². The van der Waals surface area contributed by atoms with Crippen LogP contribution in [0.4, 0.5) is 0 Å². The topological polar surface area (TPSA) is 37.2 Å². The Kier molecular flexibility index (Phi) is 3.61. The van der Waals surface area contributed by atoms with Crippen molar-refractivity contribution in [1.82, 2.24) is 24.6 Å². The lowest BCUT2D eigenvalue weighted by Crippen LogP contribution is -2.45. The van der Waals surface area contributed by atoms with Crippen LogP contribution in [0.25, 0.3) is 0 Å². The number of hydrogen-bond donors (Lipinski definition) is 0. The molecule has 1 aromatic rings. The molecule has 0 spiro atoms. The first kappa shape index (κ1) is 12.1. The van der Waals surface area contributed by atoms with E-state index in [1.54, 1.807) is 0 Å². The number of rotatable bonds is 3. The van der Waals surface area contributed by atoms with E-state index in [0.29, 0.717) is 0 Å². The second-order valence-electron chi connectivity index (χ2n) is 5.54. The van der Waals surface area contributed by atoms with Crippen LogP contribution in [0, 0.1) is 0 Å². The molecule has 1 saturated heterocycles. The number of likely N-dealkylation sites (N-methyl/N-ethyl adjacent to an activating group) is 1. The van der Waals surface area contributed by atoms with Crippen molar-refractivity contribution >= 4 is 0 Å². The molecule has 1 fully saturated rings. The van der Waals surface area contributed by atoms with Crippen molar-refractivity contribution in [2.75, 3.05) is 39.8 Å². The molecule has 0 amide bonds. The van der Waals surface area contributed by atoms with Crippen molar-refractivity contribution in [3.05, 3.63) is 11.6 Å². The van der Waals surface area contributed by atoms with Gasteiger partial charge in [0.15, 0.2) is 0 Å². The fourth-order valence-electron chi connectivity index (χ4n) is 2.88. The van der Waals surface area contributed by atoms with Crippen molar-refractivity contribution in [2.24, 2.45) is 0 Å². The molecule has 5 nitrogen and oxygen atoms in total. The SMILES string of the molecule is CN1CCN(CCc2nnc3n2CCCC3)CC1. The molecule has 2 aliphatic heterocycles. The highest BCUT2D eigenvalue weighted by molar-refractivity contribution is 4.99. The minimum Gasteiger partial charge on any atom is -0.315 e. The standard InChI is InChI=1S/C13H23N5/c1-16-8-10-17(11-9-16)7-5-13-15-14-12-4-2-3-6-18(12)13/h2-11H2,1H3. The Hall–Kier alpha value is -0.940. The third-order valence-corrected chi connectivity index (χ3v) is 4.18. The molecule has 0 bridgehead atoms. The molecule has 3 rings (SSSR count). The van der Waals surface area contributed by atoms with Crippen LogP contribution in [0.5, 0.6) is 0 Å². The van der Waals surface area contributed by atoms with Gasteiger partial charge >= 0.3 is 0 Å². The molecule has 18 heavy (non-hydrogen) atoms. The molecule has 0 N–H and O–H groups in total. The quantitative estimate of drug-likeness (QED) is 0.777. The number of hydrogen-bond acceptors (Lipinski definition) is 4. The van der Waals surface area contributed by atoms with E-state index in [1.807, 2.05) is 0 Å². The monoisotopic (exact) mass is 249 g/mol. The molecule has 0 radical (unpaired) electrons. The van der Waals surface area contributed by atoms with Gasteiger partial charge < -0.3 is 14.4 Å². The van der Waals surface area contributed by atoms with E-state index in [1.165, 1.54) is 50.7 Å². The summed E-state index contributed by atoms with van der Waals surface area (Å²) in [6.45, 7) is 7.03. The Bertz CT molecular complexity index is 392. The summed E-state index contributed by atoms with van der Waals surface area (Å²) in [6, 6.07) is 0. The van der Waals surface area contributed by atoms with Gasteiger partial charge in [-0.25, -0.2) is 0 Å². The molecule has 100 valence electrons. The predicted octanol–water partition coefficient (Wildman–Crippen LogP) is 0.404. The average molecular weight is 249 g/mol. The fraction of sp³-hybridized carbons (Fsp3) is 0.846. The van der Waals surface area contributed by atoms with Gasteiger partial charge in [-0.15, -0.1) is 10.2 Å². The number of aromatic nitrogens is 3. The molecular weight excluding hydrogens is 226 g/mol. The third kappa shape index (κ3) is 2.57. The first-order valence-electron chi connectivity index (χ1n) is 7.15. The summed E-state index contributed by atoms with van der Waals surface area (Å²) >= 11 is 0. The van der Waals surface area contributed by atoms with Crippen LogP contribution in [0.1, 0.15) is 24.5 Å². The molecule has 0 aromatic carbocycles. The Morgan fingerprint density at radius 2 is 1.83 bits per heavy atom. The van der Waals surface area contributed by atoms with Crippen molar-refractivity contribution in [2.45, 2.75) is 32.2 Å². The molecule has 1 aromatic heterocycles. The number of piperazine rings is 1. The summed E-state index contributed by atoms with van der Waals surface area (Å²) in [5.74, 6) is 2.40. The van der Waals surface area contributed by atoms with Gasteiger partial charge in [0.2, 0.25) is 0 Å². The summed E-state index contributed by atoms with van der Waals surface area (Å²) in [6.07, 6.45) is 4.72. The van der Waals surface area contributed by atoms with Crippen LogP contribution in [0.3, 0.4) is 0 Å². The highest BCUT2D eigenvalue weighted by Gasteiger charge is 2.18. The van der Waals surface area contributed by atoms with E-state index < -0.39 is 0 Å². The van der Waals surface area contributed by atoms with Crippen molar-refractivity contribution < 1.29 is 0 Å². The van der Waals surface area contributed by atoms with Gasteiger partial charge in [0.25, 0.3) is 0 Å². The maximum absolute atomic E-state index is 4.37. The van der Waals surface area contributed by atoms with E-state index in [0.717, 1.165) is 25.9 Å². The smallest absolute Gasteiger partial charge is 0.134 e. The Labute approximate surface area is 109 Å². The number of fused-ring (bicyclic) bond motifs is 1. The first-order chi connectivity index (χ1) is 8.83. The van der Waals surface area contributed by atoms with Gasteiger partial charge in [-0.2, -0.15) is 0 Å². The Balaban J connectivity index is 1.55. The van der Waals surface area contributed by atoms with E-state index in [2.05, 4.69) is 31.6 Å². The highest BCUT2D eigenvalue weighted by Crippen LogP contribution is 2.14. The van der Waals surface area contributed by atoms with Crippen LogP contribution in [-0.2, 0) is 19.4 Å². The minimum absolute atomic E-state index is 1.05.